The first kappa shape index (κ1) is 13.5. The van der Waals surface area contributed by atoms with Gasteiger partial charge in [0.2, 0.25) is 0 Å². The van der Waals surface area contributed by atoms with Gasteiger partial charge in [-0.15, -0.1) is 0 Å². The number of rotatable bonds is 4. The van der Waals surface area contributed by atoms with Crippen molar-refractivity contribution in [2.75, 3.05) is 13.2 Å². The van der Waals surface area contributed by atoms with Crippen molar-refractivity contribution in [1.82, 2.24) is 9.78 Å². The molecule has 0 saturated carbocycles. The third-order valence-electron chi connectivity index (χ3n) is 3.17. The lowest BCUT2D eigenvalue weighted by Gasteiger charge is -2.09. The van der Waals surface area contributed by atoms with Crippen LogP contribution in [0.15, 0.2) is 22.8 Å². The predicted octanol–water partition coefficient (Wildman–Crippen LogP) is 2.47. The van der Waals surface area contributed by atoms with Crippen LogP contribution in [0.4, 0.5) is 5.69 Å². The van der Waals surface area contributed by atoms with E-state index in [1.807, 2.05) is 0 Å². The maximum absolute atomic E-state index is 10.9. The molecule has 0 radical (unpaired) electrons. The monoisotopic (exact) mass is 341 g/mol. The largest absolute Gasteiger partial charge is 0.350 e. The van der Waals surface area contributed by atoms with Gasteiger partial charge in [0, 0.05) is 24.4 Å². The number of nitrogens with zero attached hydrogens (tertiary/aromatic N) is 3. The fraction of sp³-hybridized carbons (Fsp3) is 0.417. The highest BCUT2D eigenvalue weighted by molar-refractivity contribution is 9.10. The molecule has 7 nitrogen and oxygen atoms in total. The van der Waals surface area contributed by atoms with E-state index < -0.39 is 4.92 Å². The summed E-state index contributed by atoms with van der Waals surface area (Å²) in [5.41, 5.74) is 0.889. The highest BCUT2D eigenvalue weighted by atomic mass is 79.9. The molecular weight excluding hydrogens is 330 g/mol. The van der Waals surface area contributed by atoms with E-state index >= 15 is 0 Å². The Morgan fingerprint density at radius 3 is 2.90 bits per heavy atom. The van der Waals surface area contributed by atoms with Crippen molar-refractivity contribution in [2.24, 2.45) is 0 Å². The zero-order valence-corrected chi connectivity index (χ0v) is 12.1. The second-order valence-corrected chi connectivity index (χ2v) is 5.30. The number of ether oxygens (including phenoxy) is 2. The lowest BCUT2D eigenvalue weighted by molar-refractivity contribution is -0.385. The Bertz CT molecular complexity index is 651. The van der Waals surface area contributed by atoms with Gasteiger partial charge in [-0.05, 0) is 22.0 Å². The maximum atomic E-state index is 10.9. The molecule has 1 aromatic carbocycles. The Kier molecular flexibility index (Phi) is 3.68. The summed E-state index contributed by atoms with van der Waals surface area (Å²) in [6.07, 6.45) is 2.15. The Balaban J connectivity index is 1.85. The molecule has 0 aliphatic carbocycles. The van der Waals surface area contributed by atoms with Gasteiger partial charge in [0.1, 0.15) is 0 Å². The van der Waals surface area contributed by atoms with E-state index in [2.05, 4.69) is 21.0 Å². The predicted molar refractivity (Wildman–Crippen MR) is 74.4 cm³/mol. The number of fused-ring (bicyclic) bond motifs is 1. The molecular formula is C12H12BrN3O4. The van der Waals surface area contributed by atoms with Gasteiger partial charge in [0.25, 0.3) is 5.69 Å². The van der Waals surface area contributed by atoms with Crippen LogP contribution in [0, 0.1) is 10.1 Å². The fourth-order valence-corrected chi connectivity index (χ4v) is 2.68. The van der Waals surface area contributed by atoms with Crippen molar-refractivity contribution in [2.45, 2.75) is 19.3 Å². The number of aromatic nitrogens is 2. The van der Waals surface area contributed by atoms with Gasteiger partial charge in [0.15, 0.2) is 6.29 Å². The molecule has 1 aliphatic heterocycles. The number of nitro benzene ring substituents is 1. The minimum absolute atomic E-state index is 0.0412. The molecule has 1 aromatic heterocycles. The molecule has 8 heteroatoms. The Labute approximate surface area is 122 Å². The third kappa shape index (κ3) is 2.54. The SMILES string of the molecule is O=[N+]([O-])c1cc2cnn(CCC3OCCO3)c2cc1Br. The van der Waals surface area contributed by atoms with Crippen LogP contribution in [-0.4, -0.2) is 34.2 Å². The smallest absolute Gasteiger partial charge is 0.284 e. The maximum Gasteiger partial charge on any atom is 0.284 e. The van der Waals surface area contributed by atoms with Gasteiger partial charge in [-0.25, -0.2) is 0 Å². The highest BCUT2D eigenvalue weighted by Gasteiger charge is 2.18. The summed E-state index contributed by atoms with van der Waals surface area (Å²) in [7, 11) is 0. The van der Waals surface area contributed by atoms with Crippen molar-refractivity contribution in [1.29, 1.82) is 0 Å². The van der Waals surface area contributed by atoms with Gasteiger partial charge in [0.05, 0.1) is 34.3 Å². The van der Waals surface area contributed by atoms with Gasteiger partial charge in [-0.1, -0.05) is 0 Å². The second kappa shape index (κ2) is 5.47. The number of hydrogen-bond acceptors (Lipinski definition) is 5. The van der Waals surface area contributed by atoms with E-state index in [4.69, 9.17) is 9.47 Å². The Hall–Kier alpha value is -1.51. The Morgan fingerprint density at radius 1 is 1.45 bits per heavy atom. The van der Waals surface area contributed by atoms with E-state index in [1.165, 1.54) is 6.07 Å². The summed E-state index contributed by atoms with van der Waals surface area (Å²) in [5.74, 6) is 0. The molecule has 0 spiro atoms. The van der Waals surface area contributed by atoms with Crippen molar-refractivity contribution >= 4 is 32.5 Å². The molecule has 2 heterocycles. The fourth-order valence-electron chi connectivity index (χ4n) is 2.21. The normalized spacial score (nSPS) is 16.1. The number of nitro groups is 1. The minimum atomic E-state index is -0.416. The molecule has 0 atom stereocenters. The first-order valence-electron chi connectivity index (χ1n) is 6.18. The summed E-state index contributed by atoms with van der Waals surface area (Å²) in [5, 5.41) is 15.9. The second-order valence-electron chi connectivity index (χ2n) is 4.45. The molecule has 0 N–H and O–H groups in total. The molecule has 1 fully saturated rings. The highest BCUT2D eigenvalue weighted by Crippen LogP contribution is 2.30. The van der Waals surface area contributed by atoms with Crippen LogP contribution in [-0.2, 0) is 16.0 Å². The van der Waals surface area contributed by atoms with E-state index in [-0.39, 0.29) is 12.0 Å². The number of benzene rings is 1. The zero-order valence-electron chi connectivity index (χ0n) is 10.5. The molecule has 0 unspecified atom stereocenters. The van der Waals surface area contributed by atoms with Crippen LogP contribution in [0.25, 0.3) is 10.9 Å². The van der Waals surface area contributed by atoms with Crippen LogP contribution in [0.1, 0.15) is 6.42 Å². The quantitative estimate of drug-likeness (QED) is 0.630. The average molecular weight is 342 g/mol. The van der Waals surface area contributed by atoms with Crippen molar-refractivity contribution in [3.8, 4) is 0 Å². The van der Waals surface area contributed by atoms with Gasteiger partial charge >= 0.3 is 0 Å². The van der Waals surface area contributed by atoms with E-state index in [0.29, 0.717) is 30.7 Å². The van der Waals surface area contributed by atoms with Gasteiger partial charge in [-0.3, -0.25) is 14.8 Å². The number of hydrogen-bond donors (Lipinski definition) is 0. The van der Waals surface area contributed by atoms with E-state index in [9.17, 15) is 10.1 Å². The third-order valence-corrected chi connectivity index (χ3v) is 3.81. The summed E-state index contributed by atoms with van der Waals surface area (Å²) in [4.78, 5) is 10.5. The van der Waals surface area contributed by atoms with Crippen LogP contribution < -0.4 is 0 Å². The lowest BCUT2D eigenvalue weighted by Crippen LogP contribution is -2.12. The van der Waals surface area contributed by atoms with Gasteiger partial charge < -0.3 is 9.47 Å². The number of halogens is 1. The molecule has 3 rings (SSSR count). The standard InChI is InChI=1S/C12H12BrN3O4/c13-9-6-10-8(5-11(9)16(17)18)7-14-15(10)2-1-12-19-3-4-20-12/h5-7,12H,1-4H2. The molecule has 1 saturated heterocycles. The van der Waals surface area contributed by atoms with Gasteiger partial charge in [-0.2, -0.15) is 5.10 Å². The first-order valence-corrected chi connectivity index (χ1v) is 6.97. The zero-order chi connectivity index (χ0) is 14.1. The van der Waals surface area contributed by atoms with E-state index in [1.54, 1.807) is 16.9 Å². The van der Waals surface area contributed by atoms with Crippen molar-refractivity contribution in [3.63, 3.8) is 0 Å². The summed E-state index contributed by atoms with van der Waals surface area (Å²) in [6, 6.07) is 3.24. The van der Waals surface area contributed by atoms with E-state index in [0.717, 1.165) is 10.9 Å². The van der Waals surface area contributed by atoms with Crippen LogP contribution in [0.3, 0.4) is 0 Å². The molecule has 0 amide bonds. The van der Waals surface area contributed by atoms with Crippen molar-refractivity contribution < 1.29 is 14.4 Å². The number of aryl methyl sites for hydroxylation is 1. The first-order chi connectivity index (χ1) is 9.65. The lowest BCUT2D eigenvalue weighted by atomic mass is 10.2. The minimum Gasteiger partial charge on any atom is -0.350 e. The van der Waals surface area contributed by atoms with Crippen LogP contribution in [0.5, 0.6) is 0 Å². The Morgan fingerprint density at radius 2 is 2.20 bits per heavy atom. The molecule has 20 heavy (non-hydrogen) atoms. The average Bonchev–Trinajstić information content (AvgIpc) is 3.04. The van der Waals surface area contributed by atoms with Crippen LogP contribution in [0.2, 0.25) is 0 Å². The molecule has 0 bridgehead atoms. The molecule has 106 valence electrons. The van der Waals surface area contributed by atoms with Crippen molar-refractivity contribution in [3.05, 3.63) is 32.9 Å². The summed E-state index contributed by atoms with van der Waals surface area (Å²) >= 11 is 3.22. The topological polar surface area (TPSA) is 79.4 Å². The summed E-state index contributed by atoms with van der Waals surface area (Å²) < 4.78 is 13.0. The molecule has 1 aliphatic rings. The van der Waals surface area contributed by atoms with Crippen LogP contribution >= 0.6 is 15.9 Å². The summed E-state index contributed by atoms with van der Waals surface area (Å²) in [6.45, 7) is 1.89. The molecule has 2 aromatic rings.